The maximum atomic E-state index is 11.9. The lowest BCUT2D eigenvalue weighted by atomic mass is 10.1. The van der Waals surface area contributed by atoms with Crippen molar-refractivity contribution in [2.24, 2.45) is 5.73 Å². The van der Waals surface area contributed by atoms with Crippen LogP contribution in [0.25, 0.3) is 0 Å². The highest BCUT2D eigenvalue weighted by Gasteiger charge is 2.10. The molecule has 1 aromatic carbocycles. The zero-order valence-corrected chi connectivity index (χ0v) is 10.7. The van der Waals surface area contributed by atoms with Crippen LogP contribution < -0.4 is 11.1 Å². The molecule has 1 aromatic rings. The Morgan fingerprint density at radius 2 is 2.18 bits per heavy atom. The molecule has 17 heavy (non-hydrogen) atoms. The summed E-state index contributed by atoms with van der Waals surface area (Å²) in [5.74, 6) is -0.0466. The Morgan fingerprint density at radius 3 is 2.76 bits per heavy atom. The second-order valence-electron chi connectivity index (χ2n) is 4.54. The molecule has 1 unspecified atom stereocenters. The Hall–Kier alpha value is -1.39. The predicted molar refractivity (Wildman–Crippen MR) is 69.8 cm³/mol. The second kappa shape index (κ2) is 6.37. The molecule has 0 saturated carbocycles. The Labute approximate surface area is 103 Å². The maximum absolute atomic E-state index is 11.9. The van der Waals surface area contributed by atoms with Crippen LogP contribution in [0.2, 0.25) is 0 Å². The first-order valence-corrected chi connectivity index (χ1v) is 5.77. The first kappa shape index (κ1) is 13.7. The molecule has 0 saturated heterocycles. The van der Waals surface area contributed by atoms with E-state index >= 15 is 0 Å². The number of amides is 1. The highest BCUT2D eigenvalue weighted by atomic mass is 16.1. The number of nitrogens with two attached hydrogens (primary N) is 1. The van der Waals surface area contributed by atoms with Crippen molar-refractivity contribution in [2.75, 3.05) is 20.6 Å². The minimum atomic E-state index is -0.0466. The van der Waals surface area contributed by atoms with Gasteiger partial charge in [-0.3, -0.25) is 4.79 Å². The van der Waals surface area contributed by atoms with Crippen LogP contribution in [0.15, 0.2) is 24.3 Å². The van der Waals surface area contributed by atoms with E-state index in [0.29, 0.717) is 12.1 Å². The summed E-state index contributed by atoms with van der Waals surface area (Å²) < 4.78 is 0. The molecule has 4 nitrogen and oxygen atoms in total. The molecule has 0 fully saturated rings. The van der Waals surface area contributed by atoms with E-state index in [1.807, 2.05) is 44.1 Å². The van der Waals surface area contributed by atoms with E-state index in [9.17, 15) is 4.79 Å². The third-order valence-corrected chi connectivity index (χ3v) is 2.44. The number of hydrogen-bond acceptors (Lipinski definition) is 3. The van der Waals surface area contributed by atoms with Gasteiger partial charge in [0.25, 0.3) is 5.91 Å². The SMILES string of the molecule is CC(CN(C)C)NC(=O)c1cccc(CN)c1. The first-order chi connectivity index (χ1) is 8.02. The summed E-state index contributed by atoms with van der Waals surface area (Å²) >= 11 is 0. The molecule has 94 valence electrons. The molecule has 4 heteroatoms. The predicted octanol–water partition coefficient (Wildman–Crippen LogP) is 0.825. The molecule has 1 rings (SSSR count). The fourth-order valence-electron chi connectivity index (χ4n) is 1.74. The minimum Gasteiger partial charge on any atom is -0.348 e. The summed E-state index contributed by atoms with van der Waals surface area (Å²) in [6, 6.07) is 7.53. The van der Waals surface area contributed by atoms with Crippen LogP contribution in [0.5, 0.6) is 0 Å². The number of nitrogens with one attached hydrogen (secondary N) is 1. The molecular weight excluding hydrogens is 214 g/mol. The zero-order valence-electron chi connectivity index (χ0n) is 10.7. The van der Waals surface area contributed by atoms with Crippen LogP contribution >= 0.6 is 0 Å². The Kier molecular flexibility index (Phi) is 5.12. The van der Waals surface area contributed by atoms with Gasteiger partial charge in [0.2, 0.25) is 0 Å². The zero-order chi connectivity index (χ0) is 12.8. The van der Waals surface area contributed by atoms with Crippen molar-refractivity contribution in [3.05, 3.63) is 35.4 Å². The Morgan fingerprint density at radius 1 is 1.47 bits per heavy atom. The van der Waals surface area contributed by atoms with Crippen molar-refractivity contribution < 1.29 is 4.79 Å². The van der Waals surface area contributed by atoms with Gasteiger partial charge in [-0.15, -0.1) is 0 Å². The smallest absolute Gasteiger partial charge is 0.251 e. The first-order valence-electron chi connectivity index (χ1n) is 5.77. The van der Waals surface area contributed by atoms with E-state index in [0.717, 1.165) is 12.1 Å². The highest BCUT2D eigenvalue weighted by molar-refractivity contribution is 5.94. The number of carbonyl (C=O) groups is 1. The van der Waals surface area contributed by atoms with Crippen molar-refractivity contribution in [2.45, 2.75) is 19.5 Å². The van der Waals surface area contributed by atoms with E-state index < -0.39 is 0 Å². The van der Waals surface area contributed by atoms with Gasteiger partial charge in [0, 0.05) is 24.7 Å². The van der Waals surface area contributed by atoms with E-state index in [2.05, 4.69) is 5.32 Å². The topological polar surface area (TPSA) is 58.4 Å². The van der Waals surface area contributed by atoms with Crippen LogP contribution in [0.3, 0.4) is 0 Å². The van der Waals surface area contributed by atoms with Gasteiger partial charge < -0.3 is 16.0 Å². The highest BCUT2D eigenvalue weighted by Crippen LogP contribution is 2.04. The fourth-order valence-corrected chi connectivity index (χ4v) is 1.74. The maximum Gasteiger partial charge on any atom is 0.251 e. The van der Waals surface area contributed by atoms with Crippen molar-refractivity contribution in [1.29, 1.82) is 0 Å². The van der Waals surface area contributed by atoms with Gasteiger partial charge in [0.1, 0.15) is 0 Å². The average Bonchev–Trinajstić information content (AvgIpc) is 2.27. The molecule has 1 amide bonds. The standard InChI is InChI=1S/C13H21N3O/c1-10(9-16(2)3)15-13(17)12-6-4-5-11(7-12)8-14/h4-7,10H,8-9,14H2,1-3H3,(H,15,17). The van der Waals surface area contributed by atoms with Gasteiger partial charge in [-0.1, -0.05) is 12.1 Å². The lowest BCUT2D eigenvalue weighted by molar-refractivity contribution is 0.0934. The number of benzene rings is 1. The molecule has 0 bridgehead atoms. The van der Waals surface area contributed by atoms with E-state index in [1.165, 1.54) is 0 Å². The second-order valence-corrected chi connectivity index (χ2v) is 4.54. The summed E-state index contributed by atoms with van der Waals surface area (Å²) in [5, 5.41) is 2.96. The van der Waals surface area contributed by atoms with Gasteiger partial charge >= 0.3 is 0 Å². The summed E-state index contributed by atoms with van der Waals surface area (Å²) in [6.07, 6.45) is 0. The number of nitrogens with zero attached hydrogens (tertiary/aromatic N) is 1. The molecular formula is C13H21N3O. The molecule has 0 heterocycles. The monoisotopic (exact) mass is 235 g/mol. The van der Waals surface area contributed by atoms with Crippen LogP contribution in [0.4, 0.5) is 0 Å². The van der Waals surface area contributed by atoms with Gasteiger partial charge in [-0.05, 0) is 38.7 Å². The Bertz CT molecular complexity index is 377. The van der Waals surface area contributed by atoms with Crippen LogP contribution in [0, 0.1) is 0 Å². The molecule has 0 aliphatic heterocycles. The van der Waals surface area contributed by atoms with Crippen molar-refractivity contribution in [3.8, 4) is 0 Å². The van der Waals surface area contributed by atoms with Crippen LogP contribution in [-0.2, 0) is 6.54 Å². The summed E-state index contributed by atoms with van der Waals surface area (Å²) in [6.45, 7) is 3.27. The van der Waals surface area contributed by atoms with Crippen molar-refractivity contribution in [3.63, 3.8) is 0 Å². The summed E-state index contributed by atoms with van der Waals surface area (Å²) in [5.41, 5.74) is 7.18. The Balaban J connectivity index is 2.63. The van der Waals surface area contributed by atoms with E-state index in [-0.39, 0.29) is 11.9 Å². The van der Waals surface area contributed by atoms with Gasteiger partial charge in [0.15, 0.2) is 0 Å². The molecule has 0 aromatic heterocycles. The summed E-state index contributed by atoms with van der Waals surface area (Å²) in [7, 11) is 3.97. The van der Waals surface area contributed by atoms with E-state index in [4.69, 9.17) is 5.73 Å². The van der Waals surface area contributed by atoms with E-state index in [1.54, 1.807) is 6.07 Å². The van der Waals surface area contributed by atoms with Gasteiger partial charge in [-0.2, -0.15) is 0 Å². The van der Waals surface area contributed by atoms with Gasteiger partial charge in [0.05, 0.1) is 0 Å². The number of likely N-dealkylation sites (N-methyl/N-ethyl adjacent to an activating group) is 1. The largest absolute Gasteiger partial charge is 0.348 e. The average molecular weight is 235 g/mol. The van der Waals surface area contributed by atoms with Crippen LogP contribution in [-0.4, -0.2) is 37.5 Å². The number of rotatable bonds is 5. The molecule has 0 aliphatic rings. The third-order valence-electron chi connectivity index (χ3n) is 2.44. The molecule has 0 radical (unpaired) electrons. The normalized spacial score (nSPS) is 12.5. The quantitative estimate of drug-likeness (QED) is 0.794. The summed E-state index contributed by atoms with van der Waals surface area (Å²) in [4.78, 5) is 14.0. The lowest BCUT2D eigenvalue weighted by Crippen LogP contribution is -2.39. The molecule has 3 N–H and O–H groups in total. The fraction of sp³-hybridized carbons (Fsp3) is 0.462. The molecule has 0 spiro atoms. The number of carbonyl (C=O) groups excluding carboxylic acids is 1. The lowest BCUT2D eigenvalue weighted by Gasteiger charge is -2.18. The molecule has 0 aliphatic carbocycles. The van der Waals surface area contributed by atoms with Crippen LogP contribution in [0.1, 0.15) is 22.8 Å². The molecule has 1 atom stereocenters. The van der Waals surface area contributed by atoms with Crippen molar-refractivity contribution >= 4 is 5.91 Å². The third kappa shape index (κ3) is 4.54. The minimum absolute atomic E-state index is 0.0466. The van der Waals surface area contributed by atoms with Crippen molar-refractivity contribution in [1.82, 2.24) is 10.2 Å². The number of hydrogen-bond donors (Lipinski definition) is 2. The van der Waals surface area contributed by atoms with Gasteiger partial charge in [-0.25, -0.2) is 0 Å².